The van der Waals surface area contributed by atoms with E-state index in [-0.39, 0.29) is 0 Å². The highest BCUT2D eigenvalue weighted by molar-refractivity contribution is 7.99. The summed E-state index contributed by atoms with van der Waals surface area (Å²) in [7, 11) is 0. The van der Waals surface area contributed by atoms with Crippen LogP contribution in [0.5, 0.6) is 11.5 Å². The van der Waals surface area contributed by atoms with E-state index >= 15 is 0 Å². The predicted molar refractivity (Wildman–Crippen MR) is 160 cm³/mol. The zero-order valence-electron chi connectivity index (χ0n) is 20.5. The third kappa shape index (κ3) is 3.42. The van der Waals surface area contributed by atoms with Crippen molar-refractivity contribution in [3.8, 4) is 33.8 Å². The molecular formula is C36H22OS. The van der Waals surface area contributed by atoms with Gasteiger partial charge in [-0.3, -0.25) is 0 Å². The Bertz CT molecular complexity index is 2000. The molecule has 8 rings (SSSR count). The molecule has 0 amide bonds. The normalized spacial score (nSPS) is 12.3. The van der Waals surface area contributed by atoms with Crippen LogP contribution in [0.3, 0.4) is 0 Å². The fraction of sp³-hybridized carbons (Fsp3) is 0. The topological polar surface area (TPSA) is 9.23 Å². The standard InChI is InChI=1S/C36H22OS/c1-2-12-29-27(10-1)28-11-3-4-13-30(28)32-21-25(16-18-31(29)32)23-8-7-9-24(20-23)26-17-19-36-34(22-26)37-33-14-5-6-15-35(33)38-36/h1-22H. The number of rotatable bonds is 2. The molecule has 0 saturated carbocycles. The quantitative estimate of drug-likeness (QED) is 0.217. The zero-order valence-corrected chi connectivity index (χ0v) is 21.3. The second-order valence-electron chi connectivity index (χ2n) is 9.74. The lowest BCUT2D eigenvalue weighted by Gasteiger charge is -2.20. The monoisotopic (exact) mass is 502 g/mol. The van der Waals surface area contributed by atoms with Crippen molar-refractivity contribution in [2.45, 2.75) is 9.79 Å². The Morgan fingerprint density at radius 2 is 0.868 bits per heavy atom. The first-order chi connectivity index (χ1) is 18.8. The summed E-state index contributed by atoms with van der Waals surface area (Å²) in [6, 6.07) is 47.9. The first kappa shape index (κ1) is 21.5. The molecule has 7 aromatic carbocycles. The average Bonchev–Trinajstić information content (AvgIpc) is 2.99. The van der Waals surface area contributed by atoms with Crippen LogP contribution in [0.2, 0.25) is 0 Å². The van der Waals surface area contributed by atoms with Gasteiger partial charge in [0.05, 0.1) is 9.79 Å². The minimum absolute atomic E-state index is 0.917. The highest BCUT2D eigenvalue weighted by Crippen LogP contribution is 2.48. The number of hydrogen-bond acceptors (Lipinski definition) is 2. The van der Waals surface area contributed by atoms with Gasteiger partial charge in [0.15, 0.2) is 0 Å². The van der Waals surface area contributed by atoms with Crippen molar-refractivity contribution in [3.63, 3.8) is 0 Å². The van der Waals surface area contributed by atoms with Gasteiger partial charge in [0.25, 0.3) is 0 Å². The fourth-order valence-corrected chi connectivity index (χ4v) is 6.60. The molecule has 178 valence electrons. The molecule has 0 bridgehead atoms. The van der Waals surface area contributed by atoms with Gasteiger partial charge in [0, 0.05) is 0 Å². The van der Waals surface area contributed by atoms with Gasteiger partial charge < -0.3 is 4.74 Å². The van der Waals surface area contributed by atoms with Gasteiger partial charge in [-0.25, -0.2) is 0 Å². The molecule has 1 heterocycles. The lowest BCUT2D eigenvalue weighted by atomic mass is 9.91. The fourth-order valence-electron chi connectivity index (χ4n) is 5.67. The number of fused-ring (bicyclic) bond motifs is 8. The van der Waals surface area contributed by atoms with Crippen LogP contribution < -0.4 is 4.74 Å². The van der Waals surface area contributed by atoms with E-state index in [2.05, 4.69) is 121 Å². The Hall–Kier alpha value is -4.53. The lowest BCUT2D eigenvalue weighted by molar-refractivity contribution is 0.455. The van der Waals surface area contributed by atoms with Gasteiger partial charge in [-0.05, 0) is 91.0 Å². The summed E-state index contributed by atoms with van der Waals surface area (Å²) in [5.41, 5.74) is 4.77. The molecule has 0 atom stereocenters. The van der Waals surface area contributed by atoms with E-state index < -0.39 is 0 Å². The second-order valence-corrected chi connectivity index (χ2v) is 10.8. The summed E-state index contributed by atoms with van der Waals surface area (Å²) in [5.74, 6) is 1.84. The summed E-state index contributed by atoms with van der Waals surface area (Å²) < 4.78 is 6.26. The van der Waals surface area contributed by atoms with Gasteiger partial charge in [-0.15, -0.1) is 0 Å². The van der Waals surface area contributed by atoms with Gasteiger partial charge >= 0.3 is 0 Å². The van der Waals surface area contributed by atoms with Crippen LogP contribution >= 0.6 is 11.8 Å². The minimum Gasteiger partial charge on any atom is -0.455 e. The van der Waals surface area contributed by atoms with E-state index in [1.54, 1.807) is 11.8 Å². The first-order valence-electron chi connectivity index (χ1n) is 12.8. The van der Waals surface area contributed by atoms with Gasteiger partial charge in [-0.1, -0.05) is 109 Å². The maximum absolute atomic E-state index is 6.26. The molecule has 0 unspecified atom stereocenters. The van der Waals surface area contributed by atoms with Crippen molar-refractivity contribution in [1.29, 1.82) is 0 Å². The Labute approximate surface area is 225 Å². The number of ether oxygens (including phenoxy) is 1. The van der Waals surface area contributed by atoms with Crippen molar-refractivity contribution in [1.82, 2.24) is 0 Å². The minimum atomic E-state index is 0.917. The van der Waals surface area contributed by atoms with Crippen LogP contribution in [0.1, 0.15) is 0 Å². The molecule has 38 heavy (non-hydrogen) atoms. The maximum atomic E-state index is 6.26. The average molecular weight is 503 g/mol. The van der Waals surface area contributed by atoms with E-state index in [0.29, 0.717) is 0 Å². The highest BCUT2D eigenvalue weighted by Gasteiger charge is 2.18. The molecule has 2 heteroatoms. The van der Waals surface area contributed by atoms with Crippen LogP contribution in [-0.4, -0.2) is 0 Å². The van der Waals surface area contributed by atoms with Crippen molar-refractivity contribution in [2.24, 2.45) is 0 Å². The summed E-state index contributed by atoms with van der Waals surface area (Å²) in [6.45, 7) is 0. The number of benzene rings is 7. The molecule has 0 fully saturated rings. The molecule has 0 radical (unpaired) electrons. The van der Waals surface area contributed by atoms with Gasteiger partial charge in [0.1, 0.15) is 11.5 Å². The summed E-state index contributed by atoms with van der Waals surface area (Å²) in [5, 5.41) is 7.79. The van der Waals surface area contributed by atoms with Crippen LogP contribution in [0.25, 0.3) is 54.6 Å². The summed E-state index contributed by atoms with van der Waals surface area (Å²) >= 11 is 1.76. The number of hydrogen-bond donors (Lipinski definition) is 0. The Morgan fingerprint density at radius 3 is 1.61 bits per heavy atom. The molecule has 0 N–H and O–H groups in total. The molecule has 1 aliphatic heterocycles. The van der Waals surface area contributed by atoms with Crippen molar-refractivity contribution < 1.29 is 4.74 Å². The lowest BCUT2D eigenvalue weighted by Crippen LogP contribution is -1.95. The highest BCUT2D eigenvalue weighted by atomic mass is 32.2. The van der Waals surface area contributed by atoms with E-state index in [0.717, 1.165) is 26.9 Å². The van der Waals surface area contributed by atoms with Crippen molar-refractivity contribution >= 4 is 44.1 Å². The van der Waals surface area contributed by atoms with E-state index in [1.165, 1.54) is 49.0 Å². The molecule has 0 spiro atoms. The largest absolute Gasteiger partial charge is 0.455 e. The smallest absolute Gasteiger partial charge is 0.142 e. The SMILES string of the molecule is c1cc(-c2ccc3c(c2)Oc2ccccc2S3)cc(-c2ccc3c4ccccc4c4ccccc4c3c2)c1. The summed E-state index contributed by atoms with van der Waals surface area (Å²) in [4.78, 5) is 2.31. The van der Waals surface area contributed by atoms with E-state index in [1.807, 2.05) is 12.1 Å². The molecule has 0 aliphatic carbocycles. The van der Waals surface area contributed by atoms with Crippen LogP contribution in [0, 0.1) is 0 Å². The van der Waals surface area contributed by atoms with Crippen molar-refractivity contribution in [3.05, 3.63) is 133 Å². The zero-order chi connectivity index (χ0) is 25.1. The van der Waals surface area contributed by atoms with Crippen LogP contribution in [0.4, 0.5) is 0 Å². The van der Waals surface area contributed by atoms with Crippen LogP contribution in [0.15, 0.2) is 143 Å². The van der Waals surface area contributed by atoms with Crippen molar-refractivity contribution in [2.75, 3.05) is 0 Å². The molecule has 7 aromatic rings. The third-order valence-electron chi connectivity index (χ3n) is 7.51. The van der Waals surface area contributed by atoms with Gasteiger partial charge in [-0.2, -0.15) is 0 Å². The molecule has 0 aromatic heterocycles. The Kier molecular flexibility index (Phi) is 4.83. The molecular weight excluding hydrogens is 480 g/mol. The Balaban J connectivity index is 1.24. The summed E-state index contributed by atoms with van der Waals surface area (Å²) in [6.07, 6.45) is 0. The van der Waals surface area contributed by atoms with Gasteiger partial charge in [0.2, 0.25) is 0 Å². The van der Waals surface area contributed by atoms with E-state index in [9.17, 15) is 0 Å². The number of para-hydroxylation sites is 1. The predicted octanol–water partition coefficient (Wildman–Crippen LogP) is 10.7. The Morgan fingerprint density at radius 1 is 0.342 bits per heavy atom. The molecule has 1 nitrogen and oxygen atoms in total. The van der Waals surface area contributed by atoms with E-state index in [4.69, 9.17) is 4.74 Å². The first-order valence-corrected chi connectivity index (χ1v) is 13.7. The molecule has 0 saturated heterocycles. The molecule has 1 aliphatic rings. The maximum Gasteiger partial charge on any atom is 0.142 e. The van der Waals surface area contributed by atoms with Crippen LogP contribution in [-0.2, 0) is 0 Å². The second kappa shape index (κ2) is 8.51. The third-order valence-corrected chi connectivity index (χ3v) is 8.62.